The Kier molecular flexibility index (Phi) is 28.3. The lowest BCUT2D eigenvalue weighted by Gasteiger charge is -2.17. The fourth-order valence-corrected chi connectivity index (χ4v) is 6.94. The van der Waals surface area contributed by atoms with E-state index in [1.54, 1.807) is 0 Å². The van der Waals surface area contributed by atoms with Crippen LogP contribution in [0.15, 0.2) is 12.4 Å². The maximum atomic E-state index is 3.72. The Morgan fingerprint density at radius 3 is 1.14 bits per heavy atom. The lowest BCUT2D eigenvalue weighted by Crippen LogP contribution is -2.41. The first-order chi connectivity index (χ1) is 20.7. The van der Waals surface area contributed by atoms with Gasteiger partial charge < -0.3 is 0 Å². The molecule has 1 aromatic rings. The number of hydrogen-bond donors (Lipinski definition) is 1. The highest BCUT2D eigenvalue weighted by molar-refractivity contribution is 4.90. The Labute approximate surface area is 266 Å². The molecule has 2 nitrogen and oxygen atoms in total. The molecule has 0 amide bonds. The summed E-state index contributed by atoms with van der Waals surface area (Å²) >= 11 is 0. The van der Waals surface area contributed by atoms with Gasteiger partial charge >= 0.3 is 0 Å². The van der Waals surface area contributed by atoms with E-state index in [1.165, 1.54) is 205 Å². The quantitative estimate of drug-likeness (QED) is 0.0623. The molecule has 2 unspecified atom stereocenters. The first-order valence-corrected chi connectivity index (χ1v) is 19.8. The van der Waals surface area contributed by atoms with Crippen LogP contribution in [0.25, 0.3) is 0 Å². The molecule has 1 aromatic heterocycles. The Bertz CT molecular complexity index is 650. The van der Waals surface area contributed by atoms with Crippen LogP contribution in [0.5, 0.6) is 0 Å². The van der Waals surface area contributed by atoms with Crippen molar-refractivity contribution in [2.75, 3.05) is 0 Å². The third-order valence-electron chi connectivity index (χ3n) is 9.89. The van der Waals surface area contributed by atoms with Gasteiger partial charge in [0.1, 0.15) is 12.4 Å². The third kappa shape index (κ3) is 21.8. The molecule has 1 rings (SSSR count). The molecule has 0 saturated carbocycles. The van der Waals surface area contributed by atoms with Gasteiger partial charge in [-0.3, -0.25) is 0 Å². The summed E-state index contributed by atoms with van der Waals surface area (Å²) in [7, 11) is 0. The van der Waals surface area contributed by atoms with E-state index in [9.17, 15) is 0 Å². The number of nitrogens with one attached hydrogen (secondary N) is 1. The average molecular weight is 588 g/mol. The topological polar surface area (TPSA) is 19.7 Å². The minimum atomic E-state index is 0.618. The van der Waals surface area contributed by atoms with Crippen molar-refractivity contribution < 1.29 is 4.57 Å². The molecule has 0 aliphatic carbocycles. The summed E-state index contributed by atoms with van der Waals surface area (Å²) < 4.78 is 2.60. The Morgan fingerprint density at radius 1 is 0.452 bits per heavy atom. The molecule has 0 bridgehead atoms. The lowest BCUT2D eigenvalue weighted by atomic mass is 9.92. The fourth-order valence-electron chi connectivity index (χ4n) is 6.94. The highest BCUT2D eigenvalue weighted by Crippen LogP contribution is 2.27. The van der Waals surface area contributed by atoms with Crippen LogP contribution >= 0.6 is 0 Å². The number of rotatable bonds is 33. The molecule has 0 aromatic carbocycles. The minimum Gasteiger partial charge on any atom is -0.247 e. The number of aromatic amines is 1. The van der Waals surface area contributed by atoms with E-state index in [-0.39, 0.29) is 0 Å². The third-order valence-corrected chi connectivity index (χ3v) is 9.89. The van der Waals surface area contributed by atoms with Crippen LogP contribution in [-0.4, -0.2) is 4.98 Å². The average Bonchev–Trinajstić information content (AvgIpc) is 3.49. The predicted octanol–water partition coefficient (Wildman–Crippen LogP) is 14.1. The normalized spacial score (nSPS) is 13.1. The number of hydrogen-bond acceptors (Lipinski definition) is 0. The van der Waals surface area contributed by atoms with Crippen molar-refractivity contribution >= 4 is 0 Å². The van der Waals surface area contributed by atoms with Crippen LogP contribution in [-0.2, 0) is 0 Å². The Morgan fingerprint density at radius 2 is 0.786 bits per heavy atom. The van der Waals surface area contributed by atoms with Crippen LogP contribution < -0.4 is 4.57 Å². The maximum Gasteiger partial charge on any atom is 0.257 e. The molecule has 1 heterocycles. The smallest absolute Gasteiger partial charge is 0.247 e. The molecule has 0 radical (unpaired) electrons. The maximum absolute atomic E-state index is 3.72. The summed E-state index contributed by atoms with van der Waals surface area (Å²) in [5, 5.41) is 0. The van der Waals surface area contributed by atoms with Gasteiger partial charge in [-0.25, -0.2) is 9.55 Å². The zero-order valence-electron chi connectivity index (χ0n) is 29.7. The van der Waals surface area contributed by atoms with E-state index in [0.29, 0.717) is 12.0 Å². The number of H-pyrrole nitrogens is 1. The van der Waals surface area contributed by atoms with E-state index in [4.69, 9.17) is 0 Å². The summed E-state index contributed by atoms with van der Waals surface area (Å²) in [6.45, 7) is 9.38. The van der Waals surface area contributed by atoms with E-state index in [2.05, 4.69) is 49.6 Å². The largest absolute Gasteiger partial charge is 0.257 e. The van der Waals surface area contributed by atoms with Gasteiger partial charge in [-0.15, -0.1) is 0 Å². The molecular weight excluding hydrogens is 508 g/mol. The number of unbranched alkanes of at least 4 members (excludes halogenated alkanes) is 25. The molecular formula is C40H79N2+. The minimum absolute atomic E-state index is 0.618. The van der Waals surface area contributed by atoms with Gasteiger partial charge in [0.05, 0.1) is 12.0 Å². The zero-order valence-corrected chi connectivity index (χ0v) is 29.7. The molecule has 0 fully saturated rings. The van der Waals surface area contributed by atoms with Crippen molar-refractivity contribution in [3.05, 3.63) is 18.2 Å². The summed E-state index contributed by atoms with van der Waals surface area (Å²) in [5.41, 5.74) is 0. The van der Waals surface area contributed by atoms with Crippen LogP contribution in [0.3, 0.4) is 0 Å². The van der Waals surface area contributed by atoms with E-state index >= 15 is 0 Å². The zero-order chi connectivity index (χ0) is 30.4. The number of aromatic nitrogens is 2. The SMILES string of the molecule is CCCCCCCCCCCCCCCCC(CCCCCCCCCCCCCC)c1[nH]cc[n+]1C(C)CCCC. The number of nitrogens with zero attached hydrogens (tertiary/aromatic N) is 1. The van der Waals surface area contributed by atoms with Crippen molar-refractivity contribution in [1.29, 1.82) is 0 Å². The molecule has 0 saturated heterocycles. The lowest BCUT2D eigenvalue weighted by molar-refractivity contribution is -0.727. The second-order valence-electron chi connectivity index (χ2n) is 14.0. The van der Waals surface area contributed by atoms with Crippen LogP contribution in [0.4, 0.5) is 0 Å². The van der Waals surface area contributed by atoms with E-state index in [0.717, 1.165) is 0 Å². The summed E-state index contributed by atoms with van der Waals surface area (Å²) in [5.74, 6) is 2.24. The van der Waals surface area contributed by atoms with Crippen LogP contribution in [0.1, 0.15) is 245 Å². The van der Waals surface area contributed by atoms with Gasteiger partial charge in [0.25, 0.3) is 5.82 Å². The predicted molar refractivity (Wildman–Crippen MR) is 189 cm³/mol. The molecule has 2 heteroatoms. The molecule has 0 aliphatic rings. The highest BCUT2D eigenvalue weighted by atomic mass is 15.1. The van der Waals surface area contributed by atoms with Gasteiger partial charge in [-0.05, 0) is 32.6 Å². The molecule has 42 heavy (non-hydrogen) atoms. The molecule has 2 atom stereocenters. The summed E-state index contributed by atoms with van der Waals surface area (Å²) in [6.07, 6.45) is 48.8. The fraction of sp³-hybridized carbons (Fsp3) is 0.925. The van der Waals surface area contributed by atoms with Gasteiger partial charge in [0.15, 0.2) is 0 Å². The monoisotopic (exact) mass is 588 g/mol. The molecule has 0 spiro atoms. The van der Waals surface area contributed by atoms with Crippen molar-refractivity contribution in [3.63, 3.8) is 0 Å². The van der Waals surface area contributed by atoms with Crippen molar-refractivity contribution in [3.8, 4) is 0 Å². The van der Waals surface area contributed by atoms with Crippen LogP contribution in [0, 0.1) is 0 Å². The van der Waals surface area contributed by atoms with Gasteiger partial charge in [-0.1, -0.05) is 194 Å². The first-order valence-electron chi connectivity index (χ1n) is 19.8. The molecule has 1 N–H and O–H groups in total. The summed E-state index contributed by atoms with van der Waals surface area (Å²) in [4.78, 5) is 3.72. The first kappa shape index (κ1) is 39.2. The Hall–Kier alpha value is -0.790. The molecule has 0 aliphatic heterocycles. The number of imidazole rings is 1. The highest BCUT2D eigenvalue weighted by Gasteiger charge is 2.25. The van der Waals surface area contributed by atoms with Gasteiger partial charge in [0.2, 0.25) is 0 Å². The Balaban J connectivity index is 2.28. The van der Waals surface area contributed by atoms with Gasteiger partial charge in [-0.2, -0.15) is 0 Å². The second-order valence-corrected chi connectivity index (χ2v) is 14.0. The van der Waals surface area contributed by atoms with E-state index in [1.807, 2.05) is 0 Å². The summed E-state index contributed by atoms with van der Waals surface area (Å²) in [6, 6.07) is 0.618. The van der Waals surface area contributed by atoms with Crippen LogP contribution in [0.2, 0.25) is 0 Å². The second kappa shape index (κ2) is 30.2. The molecule has 248 valence electrons. The van der Waals surface area contributed by atoms with E-state index < -0.39 is 0 Å². The van der Waals surface area contributed by atoms with Crippen molar-refractivity contribution in [2.45, 2.75) is 239 Å². The van der Waals surface area contributed by atoms with Crippen molar-refractivity contribution in [2.24, 2.45) is 0 Å². The standard InChI is InChI=1S/C40H78N2/c1-5-8-11-13-15-17-19-21-22-24-26-28-30-32-35-39(40-41-36-37-42(40)38(4)33-10-7-3)34-31-29-27-25-23-20-18-16-14-12-9-6-2/h36-39H,5-35H2,1-4H3/p+1. The van der Waals surface area contributed by atoms with Gasteiger partial charge in [0, 0.05) is 0 Å². The van der Waals surface area contributed by atoms with Crippen molar-refractivity contribution in [1.82, 2.24) is 4.98 Å².